The predicted octanol–water partition coefficient (Wildman–Crippen LogP) is 3.77. The van der Waals surface area contributed by atoms with Crippen LogP contribution in [0.5, 0.6) is 11.5 Å². The van der Waals surface area contributed by atoms with Crippen LogP contribution in [0.15, 0.2) is 54.6 Å². The highest BCUT2D eigenvalue weighted by Gasteiger charge is 2.07. The minimum absolute atomic E-state index is 0.0935. The molecule has 120 valence electrons. The molecule has 0 aliphatic heterocycles. The van der Waals surface area contributed by atoms with E-state index in [-0.39, 0.29) is 5.91 Å². The molecule has 0 atom stereocenters. The van der Waals surface area contributed by atoms with Crippen molar-refractivity contribution in [1.82, 2.24) is 0 Å². The van der Waals surface area contributed by atoms with Crippen LogP contribution in [-0.2, 0) is 4.79 Å². The van der Waals surface area contributed by atoms with E-state index >= 15 is 0 Å². The fraction of sp³-hybridized carbons (Fsp3) is 0.211. The molecule has 0 saturated heterocycles. The maximum absolute atomic E-state index is 12.2. The zero-order valence-corrected chi connectivity index (χ0v) is 13.7. The van der Waals surface area contributed by atoms with Crippen molar-refractivity contribution in [1.29, 1.82) is 0 Å². The number of benzene rings is 2. The second-order valence-electron chi connectivity index (χ2n) is 4.91. The van der Waals surface area contributed by atoms with Gasteiger partial charge in [-0.1, -0.05) is 24.3 Å². The highest BCUT2D eigenvalue weighted by molar-refractivity contribution is 6.03. The van der Waals surface area contributed by atoms with Crippen molar-refractivity contribution in [3.05, 3.63) is 60.2 Å². The molecule has 0 fully saturated rings. The first-order chi connectivity index (χ1) is 11.2. The number of ether oxygens (including phenoxy) is 2. The minimum atomic E-state index is -0.0935. The molecule has 0 bridgehead atoms. The number of methoxy groups -OCH3 is 1. The fourth-order valence-corrected chi connectivity index (χ4v) is 2.12. The quantitative estimate of drug-likeness (QED) is 0.762. The average molecular weight is 311 g/mol. The van der Waals surface area contributed by atoms with Crippen molar-refractivity contribution in [2.45, 2.75) is 6.92 Å². The number of amides is 1. The summed E-state index contributed by atoms with van der Waals surface area (Å²) in [5.41, 5.74) is 1.73. The monoisotopic (exact) mass is 311 g/mol. The Kier molecular flexibility index (Phi) is 5.80. The molecular formula is C19H21NO3. The summed E-state index contributed by atoms with van der Waals surface area (Å²) in [6, 6.07) is 15.1. The molecule has 0 aliphatic carbocycles. The molecular weight excluding hydrogens is 290 g/mol. The number of carbonyl (C=O) groups excluding carboxylic acids is 1. The minimum Gasteiger partial charge on any atom is -0.493 e. The lowest BCUT2D eigenvalue weighted by Crippen LogP contribution is -2.23. The number of rotatable bonds is 6. The number of nitrogens with zero attached hydrogens (tertiary/aromatic N) is 1. The molecule has 2 rings (SSSR count). The summed E-state index contributed by atoms with van der Waals surface area (Å²) in [7, 11) is 3.35. The average Bonchev–Trinajstić information content (AvgIpc) is 2.60. The molecule has 2 aromatic rings. The van der Waals surface area contributed by atoms with Crippen LogP contribution in [-0.4, -0.2) is 26.7 Å². The van der Waals surface area contributed by atoms with E-state index in [1.807, 2.05) is 55.5 Å². The predicted molar refractivity (Wildman–Crippen MR) is 93.0 cm³/mol. The number of carbonyl (C=O) groups is 1. The van der Waals surface area contributed by atoms with Crippen LogP contribution in [0, 0.1) is 0 Å². The zero-order valence-electron chi connectivity index (χ0n) is 13.7. The summed E-state index contributed by atoms with van der Waals surface area (Å²) in [6.45, 7) is 2.50. The maximum Gasteiger partial charge on any atom is 0.250 e. The van der Waals surface area contributed by atoms with Crippen LogP contribution in [0.25, 0.3) is 6.08 Å². The van der Waals surface area contributed by atoms with Gasteiger partial charge in [0, 0.05) is 18.8 Å². The van der Waals surface area contributed by atoms with Crippen molar-refractivity contribution in [2.24, 2.45) is 0 Å². The zero-order chi connectivity index (χ0) is 16.7. The van der Waals surface area contributed by atoms with Gasteiger partial charge in [0.15, 0.2) is 11.5 Å². The Morgan fingerprint density at radius 3 is 2.52 bits per heavy atom. The smallest absolute Gasteiger partial charge is 0.250 e. The lowest BCUT2D eigenvalue weighted by atomic mass is 10.2. The number of para-hydroxylation sites is 1. The normalized spacial score (nSPS) is 10.6. The second-order valence-corrected chi connectivity index (χ2v) is 4.91. The Bertz CT molecular complexity index is 680. The molecule has 0 unspecified atom stereocenters. The van der Waals surface area contributed by atoms with Gasteiger partial charge >= 0.3 is 0 Å². The van der Waals surface area contributed by atoms with Crippen LogP contribution < -0.4 is 14.4 Å². The molecule has 0 aliphatic rings. The molecule has 0 N–H and O–H groups in total. The van der Waals surface area contributed by atoms with Crippen molar-refractivity contribution in [3.8, 4) is 11.5 Å². The third-order valence-electron chi connectivity index (χ3n) is 3.38. The lowest BCUT2D eigenvalue weighted by molar-refractivity contribution is -0.113. The van der Waals surface area contributed by atoms with E-state index < -0.39 is 0 Å². The van der Waals surface area contributed by atoms with E-state index in [2.05, 4.69) is 0 Å². The van der Waals surface area contributed by atoms with Gasteiger partial charge < -0.3 is 14.4 Å². The summed E-state index contributed by atoms with van der Waals surface area (Å²) in [6.07, 6.45) is 3.31. The van der Waals surface area contributed by atoms with Gasteiger partial charge in [-0.2, -0.15) is 0 Å². The SMILES string of the molecule is CCOc1ccc(/C=C/C(=O)N(C)c2ccccc2)cc1OC. The van der Waals surface area contributed by atoms with Gasteiger partial charge in [0.05, 0.1) is 13.7 Å². The lowest BCUT2D eigenvalue weighted by Gasteiger charge is -2.14. The summed E-state index contributed by atoms with van der Waals surface area (Å²) < 4.78 is 10.8. The van der Waals surface area contributed by atoms with Gasteiger partial charge in [0.1, 0.15) is 0 Å². The summed E-state index contributed by atoms with van der Waals surface area (Å²) in [4.78, 5) is 13.8. The standard InChI is InChI=1S/C19H21NO3/c1-4-23-17-12-10-15(14-18(17)22-3)11-13-19(21)20(2)16-8-6-5-7-9-16/h5-14H,4H2,1-3H3/b13-11+. The van der Waals surface area contributed by atoms with E-state index in [1.165, 1.54) is 0 Å². The van der Waals surface area contributed by atoms with E-state index in [0.29, 0.717) is 18.1 Å². The number of hydrogen-bond donors (Lipinski definition) is 0. The Balaban J connectivity index is 2.12. The Hall–Kier alpha value is -2.75. The molecule has 0 saturated carbocycles. The maximum atomic E-state index is 12.2. The molecule has 0 spiro atoms. The van der Waals surface area contributed by atoms with Crippen LogP contribution in [0.1, 0.15) is 12.5 Å². The van der Waals surface area contributed by atoms with Gasteiger partial charge in [-0.05, 0) is 42.8 Å². The summed E-state index contributed by atoms with van der Waals surface area (Å²) >= 11 is 0. The van der Waals surface area contributed by atoms with E-state index in [1.54, 1.807) is 31.2 Å². The number of likely N-dealkylation sites (N-methyl/N-ethyl adjacent to an activating group) is 1. The van der Waals surface area contributed by atoms with Crippen molar-refractivity contribution >= 4 is 17.7 Å². The number of hydrogen-bond acceptors (Lipinski definition) is 3. The largest absolute Gasteiger partial charge is 0.493 e. The van der Waals surface area contributed by atoms with Gasteiger partial charge in [0.25, 0.3) is 5.91 Å². The van der Waals surface area contributed by atoms with E-state index in [0.717, 1.165) is 11.3 Å². The first kappa shape index (κ1) is 16.6. The molecule has 23 heavy (non-hydrogen) atoms. The fourth-order valence-electron chi connectivity index (χ4n) is 2.12. The van der Waals surface area contributed by atoms with Crippen molar-refractivity contribution < 1.29 is 14.3 Å². The third-order valence-corrected chi connectivity index (χ3v) is 3.38. The van der Waals surface area contributed by atoms with Crippen molar-refractivity contribution in [2.75, 3.05) is 25.7 Å². The van der Waals surface area contributed by atoms with Crippen LogP contribution in [0.4, 0.5) is 5.69 Å². The highest BCUT2D eigenvalue weighted by Crippen LogP contribution is 2.28. The molecule has 4 nitrogen and oxygen atoms in total. The summed E-state index contributed by atoms with van der Waals surface area (Å²) in [5.74, 6) is 1.25. The van der Waals surface area contributed by atoms with Crippen LogP contribution in [0.2, 0.25) is 0 Å². The van der Waals surface area contributed by atoms with Gasteiger partial charge in [-0.25, -0.2) is 0 Å². The Morgan fingerprint density at radius 2 is 1.87 bits per heavy atom. The molecule has 0 radical (unpaired) electrons. The molecule has 0 heterocycles. The Morgan fingerprint density at radius 1 is 1.13 bits per heavy atom. The third kappa shape index (κ3) is 4.36. The van der Waals surface area contributed by atoms with Gasteiger partial charge in [-0.15, -0.1) is 0 Å². The molecule has 4 heteroatoms. The first-order valence-electron chi connectivity index (χ1n) is 7.47. The first-order valence-corrected chi connectivity index (χ1v) is 7.47. The molecule has 0 aromatic heterocycles. The van der Waals surface area contributed by atoms with Crippen LogP contribution in [0.3, 0.4) is 0 Å². The Labute approximate surface area is 137 Å². The highest BCUT2D eigenvalue weighted by atomic mass is 16.5. The molecule has 2 aromatic carbocycles. The second kappa shape index (κ2) is 8.03. The molecule has 1 amide bonds. The van der Waals surface area contributed by atoms with Crippen molar-refractivity contribution in [3.63, 3.8) is 0 Å². The van der Waals surface area contributed by atoms with E-state index in [9.17, 15) is 4.79 Å². The van der Waals surface area contributed by atoms with Gasteiger partial charge in [-0.3, -0.25) is 4.79 Å². The topological polar surface area (TPSA) is 38.8 Å². The van der Waals surface area contributed by atoms with Crippen LogP contribution >= 0.6 is 0 Å². The summed E-state index contributed by atoms with van der Waals surface area (Å²) in [5, 5.41) is 0. The van der Waals surface area contributed by atoms with E-state index in [4.69, 9.17) is 9.47 Å². The van der Waals surface area contributed by atoms with Gasteiger partial charge in [0.2, 0.25) is 0 Å². The number of anilines is 1.